The van der Waals surface area contributed by atoms with Crippen LogP contribution in [0.15, 0.2) is 52.9 Å². The summed E-state index contributed by atoms with van der Waals surface area (Å²) in [5.41, 5.74) is 1.48. The van der Waals surface area contributed by atoms with Crippen LogP contribution in [0.1, 0.15) is 51.5 Å². The second-order valence-electron chi connectivity index (χ2n) is 13.0. The zero-order chi connectivity index (χ0) is 30.8. The molecule has 0 radical (unpaired) electrons. The molecule has 10 heteroatoms. The molecular weight excluding hydrogens is 570 g/mol. The highest BCUT2D eigenvalue weighted by Gasteiger charge is 2.73. The zero-order valence-corrected chi connectivity index (χ0v) is 26.2. The van der Waals surface area contributed by atoms with E-state index in [0.717, 1.165) is 16.7 Å². The Morgan fingerprint density at radius 1 is 1.28 bits per heavy atom. The molecule has 12 atom stereocenters. The van der Waals surface area contributed by atoms with Crippen molar-refractivity contribution in [1.29, 1.82) is 0 Å². The summed E-state index contributed by atoms with van der Waals surface area (Å²) in [6, 6.07) is 3.77. The van der Waals surface area contributed by atoms with E-state index in [4.69, 9.17) is 18.9 Å². The number of H-pyrrole nitrogens is 1. The van der Waals surface area contributed by atoms with Crippen LogP contribution in [0.4, 0.5) is 0 Å². The minimum Gasteiger partial charge on any atom is -0.457 e. The molecule has 0 amide bonds. The summed E-state index contributed by atoms with van der Waals surface area (Å²) in [4.78, 5) is 29.8. The number of hydrogen-bond acceptors (Lipinski definition) is 9. The van der Waals surface area contributed by atoms with E-state index in [1.54, 1.807) is 30.5 Å². The Labute approximate surface area is 255 Å². The van der Waals surface area contributed by atoms with E-state index in [1.165, 1.54) is 7.11 Å². The van der Waals surface area contributed by atoms with Gasteiger partial charge < -0.3 is 34.1 Å². The molecule has 1 saturated heterocycles. The fraction of sp³-hybridized carbons (Fsp3) is 0.576. The van der Waals surface area contributed by atoms with Crippen molar-refractivity contribution in [3.05, 3.63) is 58.6 Å². The van der Waals surface area contributed by atoms with E-state index in [2.05, 4.69) is 24.1 Å². The van der Waals surface area contributed by atoms with Gasteiger partial charge in [-0.15, -0.1) is 0 Å². The SMILES string of the molecule is CO[C@H]1CC2C=C[C@]3(C)[C@H]4C(O)[C@@H](C)[C@@H](OC(=O)c5cc(-c6ccsc6)c[nH]5)[C@@H]3O[C@@]24/C(C)=C/[C@@H](C)C(C(C)O)OC1=O. The second-order valence-corrected chi connectivity index (χ2v) is 13.8. The number of carbonyl (C=O) groups excluding carboxylic acids is 2. The summed E-state index contributed by atoms with van der Waals surface area (Å²) in [6.45, 7) is 9.43. The summed E-state index contributed by atoms with van der Waals surface area (Å²) in [7, 11) is 1.47. The van der Waals surface area contributed by atoms with Gasteiger partial charge in [0.1, 0.15) is 29.6 Å². The smallest absolute Gasteiger partial charge is 0.355 e. The van der Waals surface area contributed by atoms with Gasteiger partial charge in [0.2, 0.25) is 0 Å². The second kappa shape index (κ2) is 11.0. The standard InChI is InChI=1S/C33H41NO8S/c1-16-11-17(2)33-22(13-24(39-6)31(38)40-26(16)19(4)35)7-9-32(5)28(33)25(36)18(3)27(29(32)42-33)41-30(37)23-12-21(14-34-23)20-8-10-43-15-20/h7-12,14-16,18-19,22,24-29,34-36H,13H2,1-6H3/b17-11+/t16-,18-,19?,22?,24+,25?,26?,27-,28-,29+,32-,33+/m1/s1. The zero-order valence-electron chi connectivity index (χ0n) is 25.4. The molecule has 1 saturated carbocycles. The Morgan fingerprint density at radius 3 is 2.72 bits per heavy atom. The lowest BCUT2D eigenvalue weighted by atomic mass is 9.51. The van der Waals surface area contributed by atoms with Crippen LogP contribution in [0.5, 0.6) is 0 Å². The van der Waals surface area contributed by atoms with Gasteiger partial charge in [-0.1, -0.05) is 39.0 Å². The number of carbonyl (C=O) groups is 2. The fourth-order valence-corrected chi connectivity index (χ4v) is 8.86. The Balaban J connectivity index is 1.39. The van der Waals surface area contributed by atoms with Gasteiger partial charge >= 0.3 is 11.9 Å². The van der Waals surface area contributed by atoms with Crippen LogP contribution in [-0.4, -0.2) is 76.5 Å². The van der Waals surface area contributed by atoms with E-state index in [9.17, 15) is 19.8 Å². The van der Waals surface area contributed by atoms with Gasteiger partial charge in [0.05, 0.1) is 12.2 Å². The summed E-state index contributed by atoms with van der Waals surface area (Å²) >= 11 is 1.58. The van der Waals surface area contributed by atoms with Gasteiger partial charge in [-0.2, -0.15) is 11.3 Å². The first-order valence-corrected chi connectivity index (χ1v) is 15.9. The normalized spacial score (nSPS) is 42.4. The number of methoxy groups -OCH3 is 1. The summed E-state index contributed by atoms with van der Waals surface area (Å²) in [6.07, 6.45) is 3.44. The first-order chi connectivity index (χ1) is 20.4. The molecule has 43 heavy (non-hydrogen) atoms. The monoisotopic (exact) mass is 611 g/mol. The predicted octanol–water partition coefficient (Wildman–Crippen LogP) is 4.52. The molecule has 9 nitrogen and oxygen atoms in total. The van der Waals surface area contributed by atoms with E-state index in [0.29, 0.717) is 5.69 Å². The molecule has 2 aromatic heterocycles. The van der Waals surface area contributed by atoms with Crippen molar-refractivity contribution >= 4 is 23.3 Å². The third-order valence-electron chi connectivity index (χ3n) is 10.4. The van der Waals surface area contributed by atoms with E-state index < -0.39 is 65.5 Å². The van der Waals surface area contributed by atoms with Crippen molar-refractivity contribution in [1.82, 2.24) is 4.98 Å². The van der Waals surface area contributed by atoms with E-state index >= 15 is 0 Å². The lowest BCUT2D eigenvalue weighted by Gasteiger charge is -2.53. The molecule has 6 rings (SSSR count). The number of aliphatic hydroxyl groups excluding tert-OH is 2. The maximum Gasteiger partial charge on any atom is 0.355 e. The highest BCUT2D eigenvalue weighted by molar-refractivity contribution is 7.08. The third-order valence-corrected chi connectivity index (χ3v) is 11.1. The Bertz CT molecular complexity index is 1430. The number of rotatable bonds is 5. The third kappa shape index (κ3) is 4.64. The molecule has 2 aliphatic heterocycles. The predicted molar refractivity (Wildman–Crippen MR) is 160 cm³/mol. The van der Waals surface area contributed by atoms with Crippen molar-refractivity contribution in [3.63, 3.8) is 0 Å². The number of aliphatic hydroxyl groups is 2. The number of hydrogen-bond donors (Lipinski definition) is 3. The molecule has 232 valence electrons. The first kappa shape index (κ1) is 30.3. The van der Waals surface area contributed by atoms with Crippen molar-refractivity contribution in [3.8, 4) is 11.1 Å². The number of nitrogens with one attached hydrogen (secondary N) is 1. The topological polar surface area (TPSA) is 127 Å². The molecule has 4 bridgehead atoms. The number of ether oxygens (including phenoxy) is 4. The van der Waals surface area contributed by atoms with Gasteiger partial charge in [-0.25, -0.2) is 9.59 Å². The van der Waals surface area contributed by atoms with Crippen LogP contribution in [0.2, 0.25) is 0 Å². The molecule has 0 aromatic carbocycles. The average Bonchev–Trinajstić information content (AvgIpc) is 3.69. The minimum atomic E-state index is -0.993. The number of cyclic esters (lactones) is 1. The minimum absolute atomic E-state index is 0.261. The average molecular weight is 612 g/mol. The fourth-order valence-electron chi connectivity index (χ4n) is 8.19. The van der Waals surface area contributed by atoms with Gasteiger partial charge in [-0.3, -0.25) is 0 Å². The van der Waals surface area contributed by atoms with Crippen LogP contribution in [0, 0.1) is 29.1 Å². The van der Waals surface area contributed by atoms with Crippen LogP contribution < -0.4 is 0 Å². The Kier molecular flexibility index (Phi) is 7.74. The molecule has 4 aliphatic rings. The molecular formula is C33H41NO8S. The molecule has 1 spiro atoms. The lowest BCUT2D eigenvalue weighted by Crippen LogP contribution is -2.61. The number of esters is 2. The van der Waals surface area contributed by atoms with Gasteiger partial charge in [-0.05, 0) is 54.3 Å². The summed E-state index contributed by atoms with van der Waals surface area (Å²) in [5, 5.41) is 26.5. The number of thiophene rings is 1. The number of aromatic amines is 1. The molecule has 2 aliphatic carbocycles. The van der Waals surface area contributed by atoms with Gasteiger partial charge in [0.15, 0.2) is 6.10 Å². The highest BCUT2D eigenvalue weighted by atomic mass is 32.1. The van der Waals surface area contributed by atoms with E-state index in [1.807, 2.05) is 43.7 Å². The largest absolute Gasteiger partial charge is 0.457 e. The van der Waals surface area contributed by atoms with Gasteiger partial charge in [0, 0.05) is 48.0 Å². The molecule has 3 N–H and O–H groups in total. The van der Waals surface area contributed by atoms with Crippen LogP contribution in [-0.2, 0) is 23.7 Å². The molecule has 4 heterocycles. The number of aromatic nitrogens is 1. The Morgan fingerprint density at radius 2 is 2.05 bits per heavy atom. The lowest BCUT2D eigenvalue weighted by molar-refractivity contribution is -0.172. The van der Waals surface area contributed by atoms with Crippen molar-refractivity contribution in [2.24, 2.45) is 29.1 Å². The van der Waals surface area contributed by atoms with Crippen molar-refractivity contribution < 1.29 is 38.7 Å². The van der Waals surface area contributed by atoms with Crippen LogP contribution in [0.3, 0.4) is 0 Å². The maximum atomic E-state index is 13.5. The summed E-state index contributed by atoms with van der Waals surface area (Å²) < 4.78 is 24.7. The van der Waals surface area contributed by atoms with Crippen LogP contribution >= 0.6 is 11.3 Å². The van der Waals surface area contributed by atoms with Crippen LogP contribution in [0.25, 0.3) is 11.1 Å². The Hall–Kier alpha value is -2.76. The van der Waals surface area contributed by atoms with E-state index in [-0.39, 0.29) is 24.2 Å². The molecule has 2 fully saturated rings. The van der Waals surface area contributed by atoms with Gasteiger partial charge in [0.25, 0.3) is 0 Å². The quantitative estimate of drug-likeness (QED) is 0.333. The summed E-state index contributed by atoms with van der Waals surface area (Å²) in [5.74, 6) is -2.51. The molecule has 4 unspecified atom stereocenters. The highest BCUT2D eigenvalue weighted by Crippen LogP contribution is 2.66. The first-order valence-electron chi connectivity index (χ1n) is 15.0. The maximum absolute atomic E-state index is 13.5. The van der Waals surface area contributed by atoms with Crippen molar-refractivity contribution in [2.75, 3.05) is 7.11 Å². The molecule has 2 aromatic rings. The van der Waals surface area contributed by atoms with Crippen molar-refractivity contribution in [2.45, 2.75) is 83.3 Å².